The van der Waals surface area contributed by atoms with Crippen LogP contribution in [0.5, 0.6) is 0 Å². The predicted octanol–water partition coefficient (Wildman–Crippen LogP) is 2.88. The number of hydrogen-bond donors (Lipinski definition) is 1. The maximum absolute atomic E-state index is 10.4. The third kappa shape index (κ3) is 6.67. The summed E-state index contributed by atoms with van der Waals surface area (Å²) in [5.74, 6) is 0.324. The van der Waals surface area contributed by atoms with Gasteiger partial charge in [-0.25, -0.2) is 0 Å². The Bertz CT molecular complexity index is 365. The zero-order valence-electron chi connectivity index (χ0n) is 11.1. The summed E-state index contributed by atoms with van der Waals surface area (Å²) >= 11 is 1.84. The lowest BCUT2D eigenvalue weighted by atomic mass is 10.2. The minimum absolute atomic E-state index is 0.259. The number of hydrogen-bond acceptors (Lipinski definition) is 3. The van der Waals surface area contributed by atoms with Gasteiger partial charge in [0.1, 0.15) is 0 Å². The first-order chi connectivity index (χ1) is 8.58. The van der Waals surface area contributed by atoms with Crippen LogP contribution in [0.25, 0.3) is 0 Å². The van der Waals surface area contributed by atoms with Gasteiger partial charge >= 0.3 is 5.97 Å². The van der Waals surface area contributed by atoms with Crippen molar-refractivity contribution in [3.05, 3.63) is 29.8 Å². The van der Waals surface area contributed by atoms with Crippen LogP contribution in [0.15, 0.2) is 29.2 Å². The van der Waals surface area contributed by atoms with Gasteiger partial charge in [-0.15, -0.1) is 11.8 Å². The fourth-order valence-corrected chi connectivity index (χ4v) is 2.53. The molecule has 1 N–H and O–H groups in total. The van der Waals surface area contributed by atoms with Crippen molar-refractivity contribution in [2.24, 2.45) is 0 Å². The molecule has 0 saturated heterocycles. The molecule has 1 aromatic rings. The van der Waals surface area contributed by atoms with Crippen LogP contribution in [-0.2, 0) is 4.79 Å². The molecule has 1 aromatic carbocycles. The Labute approximate surface area is 113 Å². The van der Waals surface area contributed by atoms with Crippen LogP contribution in [0.4, 0.5) is 0 Å². The van der Waals surface area contributed by atoms with E-state index in [1.54, 1.807) is 0 Å². The lowest BCUT2D eigenvalue weighted by Gasteiger charge is -2.15. The minimum Gasteiger partial charge on any atom is -0.481 e. The zero-order valence-corrected chi connectivity index (χ0v) is 11.9. The number of nitrogens with zero attached hydrogens (tertiary/aromatic N) is 1. The number of carboxylic acids is 1. The lowest BCUT2D eigenvalue weighted by Crippen LogP contribution is -2.22. The molecule has 0 fully saturated rings. The molecule has 0 heterocycles. The zero-order chi connectivity index (χ0) is 13.4. The molecule has 0 radical (unpaired) electrons. The standard InChI is InChI=1S/C14H21NO2S/c1-12-5-7-13(8-6-12)18-11-10-15(2)9-3-4-14(16)17/h5-8H,3-4,9-11H2,1-2H3,(H,16,17). The first kappa shape index (κ1) is 15.1. The van der Waals surface area contributed by atoms with Gasteiger partial charge in [0.25, 0.3) is 0 Å². The smallest absolute Gasteiger partial charge is 0.303 e. The molecule has 0 aliphatic rings. The van der Waals surface area contributed by atoms with Crippen LogP contribution in [0.3, 0.4) is 0 Å². The average molecular weight is 267 g/mol. The molecule has 3 nitrogen and oxygen atoms in total. The number of carboxylic acid groups (broad SMARTS) is 1. The summed E-state index contributed by atoms with van der Waals surface area (Å²) < 4.78 is 0. The van der Waals surface area contributed by atoms with E-state index in [2.05, 4.69) is 36.1 Å². The first-order valence-corrected chi connectivity index (χ1v) is 7.16. The molecule has 0 atom stereocenters. The Balaban J connectivity index is 2.13. The van der Waals surface area contributed by atoms with Crippen LogP contribution in [0.2, 0.25) is 0 Å². The summed E-state index contributed by atoms with van der Waals surface area (Å²) in [5, 5.41) is 8.55. The van der Waals surface area contributed by atoms with Gasteiger partial charge in [-0.2, -0.15) is 0 Å². The molecule has 100 valence electrons. The largest absolute Gasteiger partial charge is 0.481 e. The van der Waals surface area contributed by atoms with E-state index >= 15 is 0 Å². The van der Waals surface area contributed by atoms with Crippen LogP contribution in [0.1, 0.15) is 18.4 Å². The fraction of sp³-hybridized carbons (Fsp3) is 0.500. The third-order valence-electron chi connectivity index (χ3n) is 2.69. The Morgan fingerprint density at radius 3 is 2.56 bits per heavy atom. The topological polar surface area (TPSA) is 40.5 Å². The van der Waals surface area contributed by atoms with E-state index in [0.29, 0.717) is 0 Å². The number of aliphatic carboxylic acids is 1. The number of benzene rings is 1. The summed E-state index contributed by atoms with van der Waals surface area (Å²) in [4.78, 5) is 13.9. The number of aryl methyl sites for hydroxylation is 1. The van der Waals surface area contributed by atoms with Gasteiger partial charge in [-0.05, 0) is 39.1 Å². The molecular formula is C14H21NO2S. The van der Waals surface area contributed by atoms with Crippen molar-refractivity contribution in [1.82, 2.24) is 4.90 Å². The monoisotopic (exact) mass is 267 g/mol. The average Bonchev–Trinajstić information content (AvgIpc) is 2.31. The summed E-state index contributed by atoms with van der Waals surface area (Å²) in [6, 6.07) is 8.53. The Morgan fingerprint density at radius 1 is 1.28 bits per heavy atom. The second-order valence-corrected chi connectivity index (χ2v) is 5.63. The number of rotatable bonds is 8. The fourth-order valence-electron chi connectivity index (χ4n) is 1.57. The van der Waals surface area contributed by atoms with Crippen molar-refractivity contribution < 1.29 is 9.90 Å². The minimum atomic E-state index is -0.711. The van der Waals surface area contributed by atoms with Crippen molar-refractivity contribution in [1.29, 1.82) is 0 Å². The second kappa shape index (κ2) is 8.16. The van der Waals surface area contributed by atoms with E-state index in [9.17, 15) is 4.79 Å². The highest BCUT2D eigenvalue weighted by Gasteiger charge is 2.01. The number of thioether (sulfide) groups is 1. The highest BCUT2D eigenvalue weighted by atomic mass is 32.2. The van der Waals surface area contributed by atoms with Gasteiger partial charge < -0.3 is 10.0 Å². The normalized spacial score (nSPS) is 10.8. The molecule has 0 aliphatic carbocycles. The van der Waals surface area contributed by atoms with Crippen LogP contribution >= 0.6 is 11.8 Å². The first-order valence-electron chi connectivity index (χ1n) is 6.18. The molecule has 0 saturated carbocycles. The molecule has 0 amide bonds. The lowest BCUT2D eigenvalue weighted by molar-refractivity contribution is -0.137. The SMILES string of the molecule is Cc1ccc(SCCN(C)CCCC(=O)O)cc1. The van der Waals surface area contributed by atoms with Crippen LogP contribution in [-0.4, -0.2) is 41.9 Å². The second-order valence-electron chi connectivity index (χ2n) is 4.46. The van der Waals surface area contributed by atoms with E-state index < -0.39 is 5.97 Å². The quantitative estimate of drug-likeness (QED) is 0.735. The van der Waals surface area contributed by atoms with Gasteiger partial charge in [-0.1, -0.05) is 17.7 Å². The molecular weight excluding hydrogens is 246 g/mol. The van der Waals surface area contributed by atoms with Crippen molar-refractivity contribution in [2.75, 3.05) is 25.9 Å². The van der Waals surface area contributed by atoms with Crippen LogP contribution in [0, 0.1) is 6.92 Å². The Kier molecular flexibility index (Phi) is 6.83. The van der Waals surface area contributed by atoms with E-state index in [-0.39, 0.29) is 6.42 Å². The molecule has 4 heteroatoms. The maximum Gasteiger partial charge on any atom is 0.303 e. The Morgan fingerprint density at radius 2 is 1.94 bits per heavy atom. The highest BCUT2D eigenvalue weighted by molar-refractivity contribution is 7.99. The van der Waals surface area contributed by atoms with Crippen molar-refractivity contribution >= 4 is 17.7 Å². The van der Waals surface area contributed by atoms with Crippen molar-refractivity contribution in [3.63, 3.8) is 0 Å². The molecule has 0 bridgehead atoms. The van der Waals surface area contributed by atoms with E-state index in [1.165, 1.54) is 10.5 Å². The number of carbonyl (C=O) groups is 1. The van der Waals surface area contributed by atoms with Crippen LogP contribution < -0.4 is 0 Å². The molecule has 0 unspecified atom stereocenters. The van der Waals surface area contributed by atoms with Gasteiger partial charge in [0.2, 0.25) is 0 Å². The van der Waals surface area contributed by atoms with E-state index in [0.717, 1.165) is 25.3 Å². The van der Waals surface area contributed by atoms with Gasteiger partial charge in [0.15, 0.2) is 0 Å². The maximum atomic E-state index is 10.4. The molecule has 0 aliphatic heterocycles. The summed E-state index contributed by atoms with van der Waals surface area (Å²) in [6.45, 7) is 3.92. The summed E-state index contributed by atoms with van der Waals surface area (Å²) in [5.41, 5.74) is 1.28. The van der Waals surface area contributed by atoms with E-state index in [4.69, 9.17) is 5.11 Å². The summed E-state index contributed by atoms with van der Waals surface area (Å²) in [7, 11) is 2.04. The summed E-state index contributed by atoms with van der Waals surface area (Å²) in [6.07, 6.45) is 0.983. The molecule has 0 spiro atoms. The van der Waals surface area contributed by atoms with Gasteiger partial charge in [-0.3, -0.25) is 4.79 Å². The van der Waals surface area contributed by atoms with Crippen molar-refractivity contribution in [3.8, 4) is 0 Å². The predicted molar refractivity (Wildman–Crippen MR) is 76.3 cm³/mol. The van der Waals surface area contributed by atoms with Gasteiger partial charge in [0, 0.05) is 23.6 Å². The molecule has 18 heavy (non-hydrogen) atoms. The third-order valence-corrected chi connectivity index (χ3v) is 3.69. The van der Waals surface area contributed by atoms with Crippen molar-refractivity contribution in [2.45, 2.75) is 24.7 Å². The van der Waals surface area contributed by atoms with Gasteiger partial charge in [0.05, 0.1) is 0 Å². The Hall–Kier alpha value is -1.00. The molecule has 0 aromatic heterocycles. The van der Waals surface area contributed by atoms with E-state index in [1.807, 2.05) is 18.8 Å². The molecule has 1 rings (SSSR count). The highest BCUT2D eigenvalue weighted by Crippen LogP contribution is 2.17.